The van der Waals surface area contributed by atoms with Crippen molar-refractivity contribution in [2.24, 2.45) is 0 Å². The third kappa shape index (κ3) is 2.92. The van der Waals surface area contributed by atoms with Gasteiger partial charge in [-0.15, -0.1) is 0 Å². The van der Waals surface area contributed by atoms with Gasteiger partial charge >= 0.3 is 0 Å². The Morgan fingerprint density at radius 2 is 2.08 bits per heavy atom. The number of aliphatic hydroxyl groups excluding tert-OH is 1. The minimum Gasteiger partial charge on any atom is -0.479 e. The van der Waals surface area contributed by atoms with Crippen molar-refractivity contribution in [3.8, 4) is 17.0 Å². The molecular weight excluding hydrogens is 338 g/mol. The van der Waals surface area contributed by atoms with Crippen LogP contribution in [0.3, 0.4) is 0 Å². The highest BCUT2D eigenvalue weighted by Crippen LogP contribution is 2.38. The quantitative estimate of drug-likeness (QED) is 0.477. The first-order valence-electron chi connectivity index (χ1n) is 7.58. The number of anilines is 1. The van der Waals surface area contributed by atoms with Crippen LogP contribution < -0.4 is 10.1 Å². The average Bonchev–Trinajstić information content (AvgIpc) is 3.31. The summed E-state index contributed by atoms with van der Waals surface area (Å²) in [4.78, 5) is 8.91. The molecule has 126 valence electrons. The lowest BCUT2D eigenvalue weighted by atomic mass is 10.1. The van der Waals surface area contributed by atoms with E-state index >= 15 is 0 Å². The van der Waals surface area contributed by atoms with Crippen LogP contribution in [-0.4, -0.2) is 32.4 Å². The summed E-state index contributed by atoms with van der Waals surface area (Å²) < 4.78 is 6.28. The van der Waals surface area contributed by atoms with Gasteiger partial charge in [0.05, 0.1) is 18.0 Å². The lowest BCUT2D eigenvalue weighted by Crippen LogP contribution is -2.08. The molecular formula is C17H15N5O2S. The number of fused-ring (bicyclic) bond motifs is 1. The predicted octanol–water partition coefficient (Wildman–Crippen LogP) is 3.19. The van der Waals surface area contributed by atoms with Gasteiger partial charge in [0.2, 0.25) is 5.88 Å². The van der Waals surface area contributed by atoms with E-state index in [1.54, 1.807) is 25.7 Å². The largest absolute Gasteiger partial charge is 0.479 e. The van der Waals surface area contributed by atoms with Crippen molar-refractivity contribution in [1.82, 2.24) is 20.2 Å². The number of thiazole rings is 1. The molecule has 4 aromatic rings. The highest BCUT2D eigenvalue weighted by atomic mass is 32.1. The van der Waals surface area contributed by atoms with Crippen LogP contribution in [0.15, 0.2) is 48.9 Å². The minimum atomic E-state index is -0.904. The Kier molecular flexibility index (Phi) is 4.04. The molecule has 0 radical (unpaired) electrons. The van der Waals surface area contributed by atoms with Crippen molar-refractivity contribution in [3.05, 3.63) is 54.5 Å². The van der Waals surface area contributed by atoms with E-state index in [-0.39, 0.29) is 0 Å². The van der Waals surface area contributed by atoms with Gasteiger partial charge in [-0.2, -0.15) is 5.10 Å². The number of H-pyrrole nitrogens is 1. The monoisotopic (exact) mass is 353 g/mol. The lowest BCUT2D eigenvalue weighted by molar-refractivity contribution is 0.208. The van der Waals surface area contributed by atoms with E-state index in [0.717, 1.165) is 15.8 Å². The molecule has 3 aromatic heterocycles. The predicted molar refractivity (Wildman–Crippen MR) is 96.6 cm³/mol. The van der Waals surface area contributed by atoms with Crippen molar-refractivity contribution in [3.63, 3.8) is 0 Å². The van der Waals surface area contributed by atoms with Gasteiger partial charge in [0, 0.05) is 23.5 Å². The Hall–Kier alpha value is -2.97. The molecule has 0 bridgehead atoms. The molecule has 7 nitrogen and oxygen atoms in total. The van der Waals surface area contributed by atoms with Crippen LogP contribution in [0.1, 0.15) is 11.8 Å². The van der Waals surface area contributed by atoms with Gasteiger partial charge in [-0.3, -0.25) is 5.10 Å². The zero-order valence-electron chi connectivity index (χ0n) is 13.3. The zero-order chi connectivity index (χ0) is 17.2. The first-order valence-corrected chi connectivity index (χ1v) is 8.40. The number of ether oxygens (including phenoxy) is 1. The van der Waals surface area contributed by atoms with E-state index in [0.29, 0.717) is 22.1 Å². The van der Waals surface area contributed by atoms with Crippen molar-refractivity contribution in [1.29, 1.82) is 0 Å². The minimum absolute atomic E-state index is 0.455. The second kappa shape index (κ2) is 6.50. The van der Waals surface area contributed by atoms with E-state index in [1.165, 1.54) is 11.3 Å². The van der Waals surface area contributed by atoms with E-state index in [4.69, 9.17) is 4.74 Å². The number of aliphatic hydroxyl groups is 1. The fourth-order valence-electron chi connectivity index (χ4n) is 2.54. The summed E-state index contributed by atoms with van der Waals surface area (Å²) in [5.74, 6) is 0.455. The number of hydrogen-bond donors (Lipinski definition) is 3. The third-order valence-corrected chi connectivity index (χ3v) is 4.78. The molecule has 25 heavy (non-hydrogen) atoms. The first kappa shape index (κ1) is 15.6. The summed E-state index contributed by atoms with van der Waals surface area (Å²) >= 11 is 1.44. The van der Waals surface area contributed by atoms with E-state index in [1.807, 2.05) is 30.3 Å². The second-order valence-electron chi connectivity index (χ2n) is 5.32. The number of rotatable bonds is 5. The maximum Gasteiger partial charge on any atom is 0.241 e. The van der Waals surface area contributed by atoms with Crippen molar-refractivity contribution in [2.75, 3.05) is 12.4 Å². The molecule has 0 saturated heterocycles. The van der Waals surface area contributed by atoms with Crippen LogP contribution >= 0.6 is 11.3 Å². The SMILES string of the molecule is COc1ncc(-c2ccccc2)c2sc(NC(O)c3cn[nH]c3)nc12. The summed E-state index contributed by atoms with van der Waals surface area (Å²) in [7, 11) is 1.57. The van der Waals surface area contributed by atoms with Gasteiger partial charge < -0.3 is 15.2 Å². The van der Waals surface area contributed by atoms with E-state index in [2.05, 4.69) is 25.5 Å². The Bertz CT molecular complexity index is 985. The summed E-state index contributed by atoms with van der Waals surface area (Å²) in [6.45, 7) is 0. The van der Waals surface area contributed by atoms with Crippen LogP contribution in [0.4, 0.5) is 5.13 Å². The van der Waals surface area contributed by atoms with Crippen LogP contribution in [0.25, 0.3) is 21.3 Å². The van der Waals surface area contributed by atoms with E-state index in [9.17, 15) is 5.11 Å². The molecule has 0 spiro atoms. The number of benzene rings is 1. The molecule has 0 saturated carbocycles. The summed E-state index contributed by atoms with van der Waals surface area (Å²) in [5.41, 5.74) is 3.32. The van der Waals surface area contributed by atoms with Crippen LogP contribution in [0.5, 0.6) is 5.88 Å². The summed E-state index contributed by atoms with van der Waals surface area (Å²) in [6.07, 6.45) is 4.06. The maximum absolute atomic E-state index is 10.2. The number of pyridine rings is 1. The zero-order valence-corrected chi connectivity index (χ0v) is 14.1. The average molecular weight is 353 g/mol. The Morgan fingerprint density at radius 1 is 1.24 bits per heavy atom. The van der Waals surface area contributed by atoms with Gasteiger partial charge in [0.1, 0.15) is 5.52 Å². The fraction of sp³-hybridized carbons (Fsp3) is 0.118. The Balaban J connectivity index is 1.78. The normalized spacial score (nSPS) is 12.2. The highest BCUT2D eigenvalue weighted by Gasteiger charge is 2.17. The molecule has 3 N–H and O–H groups in total. The smallest absolute Gasteiger partial charge is 0.241 e. The fourth-order valence-corrected chi connectivity index (χ4v) is 3.55. The third-order valence-electron chi connectivity index (χ3n) is 3.76. The van der Waals surface area contributed by atoms with Gasteiger partial charge in [-0.1, -0.05) is 41.7 Å². The number of aromatic nitrogens is 4. The molecule has 0 aliphatic heterocycles. The summed E-state index contributed by atoms with van der Waals surface area (Å²) in [6, 6.07) is 9.98. The molecule has 0 fully saturated rings. The standard InChI is InChI=1S/C17H15N5O2S/c1-24-16-13-14(12(9-18-16)10-5-3-2-4-6-10)25-17(21-13)22-15(23)11-7-19-20-8-11/h2-9,15,23H,1H3,(H,19,20)(H,21,22). The molecule has 1 unspecified atom stereocenters. The molecule has 1 atom stereocenters. The molecule has 4 rings (SSSR count). The molecule has 8 heteroatoms. The molecule has 0 aliphatic rings. The Morgan fingerprint density at radius 3 is 2.80 bits per heavy atom. The van der Waals surface area contributed by atoms with E-state index < -0.39 is 6.23 Å². The van der Waals surface area contributed by atoms with Gasteiger partial charge in [0.25, 0.3) is 0 Å². The number of nitrogens with one attached hydrogen (secondary N) is 2. The van der Waals surface area contributed by atoms with Gasteiger partial charge in [-0.05, 0) is 5.56 Å². The van der Waals surface area contributed by atoms with Crippen LogP contribution in [0.2, 0.25) is 0 Å². The Labute approximate surface area is 147 Å². The molecule has 3 heterocycles. The molecule has 0 amide bonds. The second-order valence-corrected chi connectivity index (χ2v) is 6.32. The molecule has 1 aromatic carbocycles. The van der Waals surface area contributed by atoms with Gasteiger partial charge in [0.15, 0.2) is 11.4 Å². The van der Waals surface area contributed by atoms with Crippen LogP contribution in [0, 0.1) is 0 Å². The van der Waals surface area contributed by atoms with Crippen molar-refractivity contribution >= 4 is 26.7 Å². The molecule has 0 aliphatic carbocycles. The first-order chi connectivity index (χ1) is 12.3. The van der Waals surface area contributed by atoms with Crippen molar-refractivity contribution < 1.29 is 9.84 Å². The van der Waals surface area contributed by atoms with Crippen molar-refractivity contribution in [2.45, 2.75) is 6.23 Å². The van der Waals surface area contributed by atoms with Crippen LogP contribution in [-0.2, 0) is 0 Å². The maximum atomic E-state index is 10.2. The summed E-state index contributed by atoms with van der Waals surface area (Å²) in [5, 5.41) is 20.3. The number of nitrogens with zero attached hydrogens (tertiary/aromatic N) is 3. The topological polar surface area (TPSA) is 96.0 Å². The number of hydrogen-bond acceptors (Lipinski definition) is 7. The van der Waals surface area contributed by atoms with Gasteiger partial charge in [-0.25, -0.2) is 9.97 Å². The highest BCUT2D eigenvalue weighted by molar-refractivity contribution is 7.22. The lowest BCUT2D eigenvalue weighted by Gasteiger charge is -2.08. The number of methoxy groups -OCH3 is 1. The number of aromatic amines is 1.